The second-order valence-corrected chi connectivity index (χ2v) is 4.31. The van der Waals surface area contributed by atoms with Gasteiger partial charge in [0.2, 0.25) is 0 Å². The van der Waals surface area contributed by atoms with Crippen LogP contribution in [0.15, 0.2) is 35.5 Å². The van der Waals surface area contributed by atoms with Gasteiger partial charge < -0.3 is 10.9 Å². The molecule has 2 aromatic rings. The van der Waals surface area contributed by atoms with E-state index in [1.165, 1.54) is 11.3 Å². The highest BCUT2D eigenvalue weighted by Gasteiger charge is 2.14. The molecule has 0 radical (unpaired) electrons. The molecule has 0 aliphatic carbocycles. The van der Waals surface area contributed by atoms with Gasteiger partial charge >= 0.3 is 0 Å². The van der Waals surface area contributed by atoms with Crippen LogP contribution >= 0.6 is 11.3 Å². The van der Waals surface area contributed by atoms with Crippen molar-refractivity contribution in [3.8, 4) is 0 Å². The molecule has 0 fully saturated rings. The maximum Gasteiger partial charge on any atom is 0.180 e. The van der Waals surface area contributed by atoms with Gasteiger partial charge in [-0.3, -0.25) is 0 Å². The molecule has 1 aromatic heterocycles. The summed E-state index contributed by atoms with van der Waals surface area (Å²) in [7, 11) is 0. The van der Waals surface area contributed by atoms with Crippen LogP contribution in [0, 0.1) is 6.92 Å². The number of nitrogens with two attached hydrogens (primary N) is 1. The Kier molecular flexibility index (Phi) is 2.87. The lowest BCUT2D eigenvalue weighted by Gasteiger charge is -2.01. The summed E-state index contributed by atoms with van der Waals surface area (Å²) in [6.07, 6.45) is 0. The van der Waals surface area contributed by atoms with Crippen LogP contribution in [0.5, 0.6) is 0 Å². The largest absolute Gasteiger partial charge is 0.410 e. The third-order valence-corrected chi connectivity index (χ3v) is 3.17. The van der Waals surface area contributed by atoms with Gasteiger partial charge in [0.05, 0.1) is 10.6 Å². The minimum Gasteiger partial charge on any atom is -0.410 e. The zero-order valence-electron chi connectivity index (χ0n) is 8.71. The van der Waals surface area contributed by atoms with E-state index in [9.17, 15) is 0 Å². The number of aryl methyl sites for hydroxylation is 1. The Morgan fingerprint density at radius 3 is 2.56 bits per heavy atom. The second-order valence-electron chi connectivity index (χ2n) is 3.28. The third-order valence-electron chi connectivity index (χ3n) is 2.18. The maximum atomic E-state index is 9.09. The van der Waals surface area contributed by atoms with E-state index in [1.54, 1.807) is 0 Å². The molecule has 0 atom stereocenters. The predicted molar refractivity (Wildman–Crippen MR) is 65.1 cm³/mol. The van der Waals surface area contributed by atoms with E-state index < -0.39 is 0 Å². The molecule has 3 N–H and O–H groups in total. The highest BCUT2D eigenvalue weighted by molar-refractivity contribution is 7.17. The van der Waals surface area contributed by atoms with Gasteiger partial charge in [0.1, 0.15) is 5.71 Å². The summed E-state index contributed by atoms with van der Waals surface area (Å²) in [6.45, 7) is 1.84. The quantitative estimate of drug-likeness (QED) is 0.475. The van der Waals surface area contributed by atoms with Gasteiger partial charge in [0, 0.05) is 5.56 Å². The molecule has 4 nitrogen and oxygen atoms in total. The van der Waals surface area contributed by atoms with Gasteiger partial charge in [-0.25, -0.2) is 4.98 Å². The molecule has 16 heavy (non-hydrogen) atoms. The molecule has 1 heterocycles. The molecule has 0 saturated carbocycles. The molecule has 5 heteroatoms. The molecule has 0 saturated heterocycles. The molecular weight excluding hydrogens is 222 g/mol. The van der Waals surface area contributed by atoms with Crippen LogP contribution in [0.2, 0.25) is 0 Å². The van der Waals surface area contributed by atoms with Crippen molar-refractivity contribution in [3.05, 3.63) is 46.5 Å². The number of nitrogens with zero attached hydrogens (tertiary/aromatic N) is 2. The van der Waals surface area contributed by atoms with Crippen LogP contribution in [0.1, 0.15) is 16.1 Å². The summed E-state index contributed by atoms with van der Waals surface area (Å²) in [5.74, 6) is 0. The standard InChI is InChI=1S/C11H11N3OS/c1-7-10(16-11(12)13-7)9(14-15)8-5-3-2-4-6-8/h2-6,15H,1H3,(H2,12,13). The number of hydrogen-bond donors (Lipinski definition) is 2. The summed E-state index contributed by atoms with van der Waals surface area (Å²) in [6, 6.07) is 9.45. The van der Waals surface area contributed by atoms with Gasteiger partial charge in [0.15, 0.2) is 5.13 Å². The monoisotopic (exact) mass is 233 g/mol. The summed E-state index contributed by atoms with van der Waals surface area (Å²) in [4.78, 5) is 4.91. The Bertz CT molecular complexity index is 519. The van der Waals surface area contributed by atoms with Crippen molar-refractivity contribution in [1.29, 1.82) is 0 Å². The Morgan fingerprint density at radius 2 is 2.06 bits per heavy atom. The fourth-order valence-electron chi connectivity index (χ4n) is 1.47. The Morgan fingerprint density at radius 1 is 1.38 bits per heavy atom. The van der Waals surface area contributed by atoms with E-state index in [0.29, 0.717) is 10.8 Å². The number of rotatable bonds is 2. The van der Waals surface area contributed by atoms with E-state index in [2.05, 4.69) is 10.1 Å². The van der Waals surface area contributed by atoms with Crippen LogP contribution < -0.4 is 5.73 Å². The topological polar surface area (TPSA) is 71.5 Å². The highest BCUT2D eigenvalue weighted by atomic mass is 32.1. The fourth-order valence-corrected chi connectivity index (χ4v) is 2.31. The molecule has 2 rings (SSSR count). The average molecular weight is 233 g/mol. The third kappa shape index (κ3) is 1.90. The normalized spacial score (nSPS) is 11.7. The lowest BCUT2D eigenvalue weighted by atomic mass is 10.1. The van der Waals surface area contributed by atoms with Crippen molar-refractivity contribution in [2.75, 3.05) is 5.73 Å². The summed E-state index contributed by atoms with van der Waals surface area (Å²) in [5.41, 5.74) is 7.75. The van der Waals surface area contributed by atoms with Gasteiger partial charge in [-0.15, -0.1) is 0 Å². The number of anilines is 1. The number of aromatic nitrogens is 1. The molecule has 1 aromatic carbocycles. The molecule has 0 unspecified atom stereocenters. The zero-order valence-corrected chi connectivity index (χ0v) is 9.53. The Labute approximate surface area is 97.1 Å². The van der Waals surface area contributed by atoms with E-state index in [-0.39, 0.29) is 0 Å². The second kappa shape index (κ2) is 4.32. The fraction of sp³-hybridized carbons (Fsp3) is 0.0909. The first-order chi connectivity index (χ1) is 7.72. The predicted octanol–water partition coefficient (Wildman–Crippen LogP) is 2.26. The maximum absolute atomic E-state index is 9.09. The van der Waals surface area contributed by atoms with Gasteiger partial charge in [-0.05, 0) is 6.92 Å². The zero-order chi connectivity index (χ0) is 11.5. The van der Waals surface area contributed by atoms with Crippen molar-refractivity contribution in [2.24, 2.45) is 5.16 Å². The summed E-state index contributed by atoms with van der Waals surface area (Å²) >= 11 is 1.32. The highest BCUT2D eigenvalue weighted by Crippen LogP contribution is 2.23. The van der Waals surface area contributed by atoms with Crippen LogP contribution in [0.25, 0.3) is 0 Å². The van der Waals surface area contributed by atoms with Crippen LogP contribution in [0.3, 0.4) is 0 Å². The number of hydrogen-bond acceptors (Lipinski definition) is 5. The first kappa shape index (κ1) is 10.6. The van der Waals surface area contributed by atoms with Crippen molar-refractivity contribution in [1.82, 2.24) is 4.98 Å². The molecule has 82 valence electrons. The molecule has 0 aliphatic heterocycles. The number of nitrogen functional groups attached to an aromatic ring is 1. The van der Waals surface area contributed by atoms with Gasteiger partial charge in [0.25, 0.3) is 0 Å². The van der Waals surface area contributed by atoms with Gasteiger partial charge in [-0.1, -0.05) is 46.8 Å². The molecular formula is C11H11N3OS. The summed E-state index contributed by atoms with van der Waals surface area (Å²) in [5, 5.41) is 12.9. The minimum atomic E-state index is 0.476. The molecule has 0 amide bonds. The van der Waals surface area contributed by atoms with Crippen LogP contribution in [-0.2, 0) is 0 Å². The molecule has 0 bridgehead atoms. The lowest BCUT2D eigenvalue weighted by Crippen LogP contribution is -2.02. The molecule has 0 spiro atoms. The van der Waals surface area contributed by atoms with Gasteiger partial charge in [-0.2, -0.15) is 0 Å². The number of oxime groups is 1. The average Bonchev–Trinajstić information content (AvgIpc) is 2.61. The first-order valence-corrected chi connectivity index (χ1v) is 5.54. The Balaban J connectivity index is 2.50. The van der Waals surface area contributed by atoms with Crippen LogP contribution in [0.4, 0.5) is 5.13 Å². The minimum absolute atomic E-state index is 0.476. The lowest BCUT2D eigenvalue weighted by molar-refractivity contribution is 0.319. The number of benzene rings is 1. The van der Waals surface area contributed by atoms with Crippen LogP contribution in [-0.4, -0.2) is 15.9 Å². The Hall–Kier alpha value is -1.88. The summed E-state index contributed by atoms with van der Waals surface area (Å²) < 4.78 is 0. The smallest absolute Gasteiger partial charge is 0.180 e. The van der Waals surface area contributed by atoms with E-state index in [0.717, 1.165) is 16.1 Å². The first-order valence-electron chi connectivity index (χ1n) is 4.73. The van der Waals surface area contributed by atoms with Crippen molar-refractivity contribution >= 4 is 22.2 Å². The van der Waals surface area contributed by atoms with Crippen molar-refractivity contribution < 1.29 is 5.21 Å². The van der Waals surface area contributed by atoms with Crippen molar-refractivity contribution in [3.63, 3.8) is 0 Å². The SMILES string of the molecule is Cc1nc(N)sc1C(=NO)c1ccccc1. The van der Waals surface area contributed by atoms with E-state index >= 15 is 0 Å². The van der Waals surface area contributed by atoms with E-state index in [1.807, 2.05) is 37.3 Å². The van der Waals surface area contributed by atoms with Crippen molar-refractivity contribution in [2.45, 2.75) is 6.92 Å². The van der Waals surface area contributed by atoms with E-state index in [4.69, 9.17) is 10.9 Å². The molecule has 0 aliphatic rings. The number of thiazole rings is 1.